The van der Waals surface area contributed by atoms with Gasteiger partial charge >= 0.3 is 0 Å². The monoisotopic (exact) mass is 280 g/mol. The van der Waals surface area contributed by atoms with Crippen molar-refractivity contribution in [2.75, 3.05) is 5.33 Å². The van der Waals surface area contributed by atoms with Gasteiger partial charge in [-0.05, 0) is 24.6 Å². The molecule has 1 unspecified atom stereocenters. The van der Waals surface area contributed by atoms with Gasteiger partial charge in [0.1, 0.15) is 0 Å². The van der Waals surface area contributed by atoms with Crippen LogP contribution in [0.15, 0.2) is 24.3 Å². The standard InChI is InChI=1S/C12H13BrN2O/c1-9(15-12(16)6-7-13)11-4-2-10(8-14)3-5-11/h2-5,9H,6-7H2,1H3,(H,15,16). The first kappa shape index (κ1) is 12.7. The molecule has 4 heteroatoms. The Balaban J connectivity index is 2.63. The molecule has 0 fully saturated rings. The van der Waals surface area contributed by atoms with Crippen molar-refractivity contribution in [3.05, 3.63) is 35.4 Å². The van der Waals surface area contributed by atoms with Crippen LogP contribution in [0.2, 0.25) is 0 Å². The fraction of sp³-hybridized carbons (Fsp3) is 0.333. The van der Waals surface area contributed by atoms with Crippen molar-refractivity contribution in [1.29, 1.82) is 5.26 Å². The van der Waals surface area contributed by atoms with E-state index in [-0.39, 0.29) is 11.9 Å². The number of rotatable bonds is 4. The highest BCUT2D eigenvalue weighted by Gasteiger charge is 2.08. The minimum absolute atomic E-state index is 0.0220. The van der Waals surface area contributed by atoms with Crippen LogP contribution >= 0.6 is 15.9 Å². The number of nitriles is 1. The predicted molar refractivity (Wildman–Crippen MR) is 66.1 cm³/mol. The molecule has 1 aromatic carbocycles. The first-order valence-electron chi connectivity index (χ1n) is 5.02. The highest BCUT2D eigenvalue weighted by molar-refractivity contribution is 9.09. The maximum atomic E-state index is 11.4. The molecule has 0 radical (unpaired) electrons. The number of nitrogens with zero attached hydrogens (tertiary/aromatic N) is 1. The van der Waals surface area contributed by atoms with Gasteiger partial charge < -0.3 is 5.32 Å². The van der Waals surface area contributed by atoms with Crippen molar-refractivity contribution < 1.29 is 4.79 Å². The Morgan fingerprint density at radius 1 is 1.50 bits per heavy atom. The lowest BCUT2D eigenvalue weighted by atomic mass is 10.1. The molecule has 1 aromatic rings. The topological polar surface area (TPSA) is 52.9 Å². The van der Waals surface area contributed by atoms with Crippen LogP contribution in [0.1, 0.15) is 30.5 Å². The van der Waals surface area contributed by atoms with E-state index in [1.54, 1.807) is 12.1 Å². The summed E-state index contributed by atoms with van der Waals surface area (Å²) in [5, 5.41) is 12.2. The van der Waals surface area contributed by atoms with Crippen LogP contribution in [-0.4, -0.2) is 11.2 Å². The van der Waals surface area contributed by atoms with Gasteiger partial charge in [-0.3, -0.25) is 4.79 Å². The van der Waals surface area contributed by atoms with E-state index in [0.29, 0.717) is 17.3 Å². The number of halogens is 1. The number of carbonyl (C=O) groups is 1. The minimum Gasteiger partial charge on any atom is -0.350 e. The third kappa shape index (κ3) is 3.67. The first-order valence-corrected chi connectivity index (χ1v) is 6.15. The molecule has 0 heterocycles. The Bertz CT molecular complexity index is 394. The summed E-state index contributed by atoms with van der Waals surface area (Å²) < 4.78 is 0. The SMILES string of the molecule is CC(NC(=O)CCBr)c1ccc(C#N)cc1. The summed E-state index contributed by atoms with van der Waals surface area (Å²) in [6, 6.07) is 9.25. The van der Waals surface area contributed by atoms with Crippen LogP contribution in [0, 0.1) is 11.3 Å². The van der Waals surface area contributed by atoms with E-state index in [9.17, 15) is 4.79 Å². The highest BCUT2D eigenvalue weighted by atomic mass is 79.9. The van der Waals surface area contributed by atoms with E-state index in [4.69, 9.17) is 5.26 Å². The first-order chi connectivity index (χ1) is 7.67. The molecule has 0 spiro atoms. The summed E-state index contributed by atoms with van der Waals surface area (Å²) >= 11 is 3.22. The molecular weight excluding hydrogens is 268 g/mol. The fourth-order valence-corrected chi connectivity index (χ4v) is 1.69. The summed E-state index contributed by atoms with van der Waals surface area (Å²) in [4.78, 5) is 11.4. The van der Waals surface area contributed by atoms with E-state index in [1.165, 1.54) is 0 Å². The molecule has 0 aromatic heterocycles. The van der Waals surface area contributed by atoms with Crippen molar-refractivity contribution in [1.82, 2.24) is 5.32 Å². The number of amides is 1. The highest BCUT2D eigenvalue weighted by Crippen LogP contribution is 2.13. The molecule has 0 bridgehead atoms. The number of hydrogen-bond acceptors (Lipinski definition) is 2. The second kappa shape index (κ2) is 6.29. The van der Waals surface area contributed by atoms with E-state index in [2.05, 4.69) is 27.3 Å². The Morgan fingerprint density at radius 2 is 2.12 bits per heavy atom. The lowest BCUT2D eigenvalue weighted by Crippen LogP contribution is -2.26. The molecule has 0 aliphatic heterocycles. The van der Waals surface area contributed by atoms with Crippen molar-refractivity contribution in [2.45, 2.75) is 19.4 Å². The molecule has 1 atom stereocenters. The van der Waals surface area contributed by atoms with Crippen molar-refractivity contribution >= 4 is 21.8 Å². The van der Waals surface area contributed by atoms with Gasteiger partial charge in [0, 0.05) is 11.8 Å². The molecule has 0 aliphatic rings. The van der Waals surface area contributed by atoms with E-state index >= 15 is 0 Å². The Labute approximate surface area is 104 Å². The number of carbonyl (C=O) groups excluding carboxylic acids is 1. The quantitative estimate of drug-likeness (QED) is 0.862. The number of benzene rings is 1. The van der Waals surface area contributed by atoms with Crippen LogP contribution in [0.3, 0.4) is 0 Å². The van der Waals surface area contributed by atoms with Crippen LogP contribution in [-0.2, 0) is 4.79 Å². The predicted octanol–water partition coefficient (Wildman–Crippen LogP) is 2.52. The van der Waals surface area contributed by atoms with Gasteiger partial charge in [-0.2, -0.15) is 5.26 Å². The average Bonchev–Trinajstić information content (AvgIpc) is 2.29. The molecule has 0 saturated heterocycles. The van der Waals surface area contributed by atoms with Crippen LogP contribution in [0.4, 0.5) is 0 Å². The largest absolute Gasteiger partial charge is 0.350 e. The summed E-state index contributed by atoms with van der Waals surface area (Å²) in [6.07, 6.45) is 0.473. The molecule has 16 heavy (non-hydrogen) atoms. The minimum atomic E-state index is -0.0284. The van der Waals surface area contributed by atoms with E-state index < -0.39 is 0 Å². The number of hydrogen-bond donors (Lipinski definition) is 1. The van der Waals surface area contributed by atoms with Crippen LogP contribution in [0.5, 0.6) is 0 Å². The van der Waals surface area contributed by atoms with Crippen molar-refractivity contribution in [2.24, 2.45) is 0 Å². The third-order valence-electron chi connectivity index (χ3n) is 2.24. The van der Waals surface area contributed by atoms with E-state index in [1.807, 2.05) is 19.1 Å². The number of alkyl halides is 1. The zero-order valence-electron chi connectivity index (χ0n) is 9.03. The zero-order valence-corrected chi connectivity index (χ0v) is 10.6. The molecule has 0 saturated carbocycles. The van der Waals surface area contributed by atoms with Gasteiger partial charge in [0.05, 0.1) is 17.7 Å². The smallest absolute Gasteiger partial charge is 0.221 e. The molecule has 84 valence electrons. The molecule has 3 nitrogen and oxygen atoms in total. The second-order valence-electron chi connectivity index (χ2n) is 3.46. The number of nitrogens with one attached hydrogen (secondary N) is 1. The van der Waals surface area contributed by atoms with Crippen molar-refractivity contribution in [3.8, 4) is 6.07 Å². The summed E-state index contributed by atoms with van der Waals surface area (Å²) in [7, 11) is 0. The summed E-state index contributed by atoms with van der Waals surface area (Å²) in [5.41, 5.74) is 1.63. The summed E-state index contributed by atoms with van der Waals surface area (Å²) in [6.45, 7) is 1.92. The molecule has 0 aliphatic carbocycles. The van der Waals surface area contributed by atoms with Crippen LogP contribution < -0.4 is 5.32 Å². The van der Waals surface area contributed by atoms with Gasteiger partial charge in [0.2, 0.25) is 5.91 Å². The van der Waals surface area contributed by atoms with Gasteiger partial charge in [-0.25, -0.2) is 0 Å². The molecule has 1 amide bonds. The van der Waals surface area contributed by atoms with Gasteiger partial charge in [0.25, 0.3) is 0 Å². The van der Waals surface area contributed by atoms with Gasteiger partial charge in [-0.1, -0.05) is 28.1 Å². The fourth-order valence-electron chi connectivity index (χ4n) is 1.33. The van der Waals surface area contributed by atoms with Gasteiger partial charge in [-0.15, -0.1) is 0 Å². The maximum Gasteiger partial charge on any atom is 0.221 e. The zero-order chi connectivity index (χ0) is 12.0. The van der Waals surface area contributed by atoms with Crippen LogP contribution in [0.25, 0.3) is 0 Å². The van der Waals surface area contributed by atoms with Gasteiger partial charge in [0.15, 0.2) is 0 Å². The molecule has 1 rings (SSSR count). The normalized spacial score (nSPS) is 11.6. The lowest BCUT2D eigenvalue weighted by Gasteiger charge is -2.13. The lowest BCUT2D eigenvalue weighted by molar-refractivity contribution is -0.121. The Morgan fingerprint density at radius 3 is 2.62 bits per heavy atom. The second-order valence-corrected chi connectivity index (χ2v) is 4.25. The van der Waals surface area contributed by atoms with Crippen molar-refractivity contribution in [3.63, 3.8) is 0 Å². The Kier molecular flexibility index (Phi) is 5.00. The summed E-state index contributed by atoms with van der Waals surface area (Å²) in [5.74, 6) is 0.0220. The maximum absolute atomic E-state index is 11.4. The third-order valence-corrected chi connectivity index (χ3v) is 2.64. The molecular formula is C12H13BrN2O. The Hall–Kier alpha value is -1.34. The average molecular weight is 281 g/mol. The molecule has 1 N–H and O–H groups in total. The van der Waals surface area contributed by atoms with E-state index in [0.717, 1.165) is 5.56 Å².